The number of aryl methyl sites for hydroxylation is 1. The first-order chi connectivity index (χ1) is 9.40. The molecule has 0 aliphatic carbocycles. The SMILES string of the molecule is NCCON=C(CCc1ncc[nH]1)c1ccccc1. The van der Waals surface area contributed by atoms with Gasteiger partial charge in [-0.3, -0.25) is 0 Å². The van der Waals surface area contributed by atoms with Crippen LogP contribution in [-0.2, 0) is 11.3 Å². The van der Waals surface area contributed by atoms with E-state index in [4.69, 9.17) is 10.6 Å². The summed E-state index contributed by atoms with van der Waals surface area (Å²) in [5.74, 6) is 0.947. The molecule has 0 atom stereocenters. The summed E-state index contributed by atoms with van der Waals surface area (Å²) < 4.78 is 0. The number of rotatable bonds is 7. The number of aromatic amines is 1. The molecule has 0 radical (unpaired) electrons. The lowest BCUT2D eigenvalue weighted by Crippen LogP contribution is -2.09. The van der Waals surface area contributed by atoms with E-state index in [1.54, 1.807) is 6.20 Å². The zero-order chi connectivity index (χ0) is 13.3. The summed E-state index contributed by atoms with van der Waals surface area (Å²) in [6, 6.07) is 10.00. The third-order valence-corrected chi connectivity index (χ3v) is 2.64. The molecular formula is C14H18N4O. The Hall–Kier alpha value is -2.14. The number of oxime groups is 1. The third-order valence-electron chi connectivity index (χ3n) is 2.64. The van der Waals surface area contributed by atoms with Crippen LogP contribution in [0.25, 0.3) is 0 Å². The molecule has 0 amide bonds. The molecule has 0 fully saturated rings. The van der Waals surface area contributed by atoms with Crippen molar-refractivity contribution in [2.75, 3.05) is 13.2 Å². The minimum Gasteiger partial charge on any atom is -0.394 e. The van der Waals surface area contributed by atoms with Crippen LogP contribution < -0.4 is 5.73 Å². The number of hydrogen-bond donors (Lipinski definition) is 2. The second-order valence-corrected chi connectivity index (χ2v) is 4.06. The molecule has 0 saturated heterocycles. The van der Waals surface area contributed by atoms with Gasteiger partial charge in [0.25, 0.3) is 0 Å². The Balaban J connectivity index is 2.04. The molecule has 19 heavy (non-hydrogen) atoms. The quantitative estimate of drug-likeness (QED) is 0.451. The first-order valence-corrected chi connectivity index (χ1v) is 6.32. The molecule has 0 unspecified atom stereocenters. The van der Waals surface area contributed by atoms with Crippen molar-refractivity contribution in [2.45, 2.75) is 12.8 Å². The van der Waals surface area contributed by atoms with Crippen molar-refractivity contribution in [3.63, 3.8) is 0 Å². The normalized spacial score (nSPS) is 11.5. The average Bonchev–Trinajstić information content (AvgIpc) is 2.97. The fourth-order valence-corrected chi connectivity index (χ4v) is 1.72. The van der Waals surface area contributed by atoms with Gasteiger partial charge in [-0.15, -0.1) is 0 Å². The van der Waals surface area contributed by atoms with Gasteiger partial charge in [-0.2, -0.15) is 0 Å². The fraction of sp³-hybridized carbons (Fsp3) is 0.286. The van der Waals surface area contributed by atoms with Crippen LogP contribution in [-0.4, -0.2) is 28.8 Å². The minimum atomic E-state index is 0.428. The highest BCUT2D eigenvalue weighted by molar-refractivity contribution is 6.00. The topological polar surface area (TPSA) is 76.3 Å². The van der Waals surface area contributed by atoms with Gasteiger partial charge < -0.3 is 15.6 Å². The number of hydrogen-bond acceptors (Lipinski definition) is 4. The largest absolute Gasteiger partial charge is 0.394 e. The van der Waals surface area contributed by atoms with E-state index in [2.05, 4.69) is 15.1 Å². The summed E-state index contributed by atoms with van der Waals surface area (Å²) >= 11 is 0. The van der Waals surface area contributed by atoms with Crippen molar-refractivity contribution in [3.05, 3.63) is 54.1 Å². The minimum absolute atomic E-state index is 0.428. The van der Waals surface area contributed by atoms with Gasteiger partial charge in [0.1, 0.15) is 12.4 Å². The summed E-state index contributed by atoms with van der Waals surface area (Å²) in [6.07, 6.45) is 5.13. The van der Waals surface area contributed by atoms with Crippen LogP contribution in [0.1, 0.15) is 17.8 Å². The standard InChI is InChI=1S/C14H18N4O/c15-8-11-19-18-13(12-4-2-1-3-5-12)6-7-14-16-9-10-17-14/h1-5,9-10H,6-8,11,15H2,(H,16,17). The predicted molar refractivity (Wildman–Crippen MR) is 74.9 cm³/mol. The second-order valence-electron chi connectivity index (χ2n) is 4.06. The molecule has 0 saturated carbocycles. The zero-order valence-electron chi connectivity index (χ0n) is 10.7. The lowest BCUT2D eigenvalue weighted by atomic mass is 10.1. The maximum absolute atomic E-state index is 5.40. The fourth-order valence-electron chi connectivity index (χ4n) is 1.72. The van der Waals surface area contributed by atoms with Crippen molar-refractivity contribution in [2.24, 2.45) is 10.9 Å². The van der Waals surface area contributed by atoms with E-state index in [0.29, 0.717) is 13.2 Å². The molecular weight excluding hydrogens is 240 g/mol. The van der Waals surface area contributed by atoms with E-state index in [0.717, 1.165) is 29.9 Å². The Morgan fingerprint density at radius 3 is 2.84 bits per heavy atom. The Labute approximate surface area is 112 Å². The van der Waals surface area contributed by atoms with Crippen LogP contribution in [0.3, 0.4) is 0 Å². The molecule has 0 spiro atoms. The van der Waals surface area contributed by atoms with Crippen molar-refractivity contribution in [3.8, 4) is 0 Å². The van der Waals surface area contributed by atoms with Gasteiger partial charge in [0.15, 0.2) is 0 Å². The van der Waals surface area contributed by atoms with Gasteiger partial charge in [-0.05, 0) is 5.56 Å². The van der Waals surface area contributed by atoms with Crippen LogP contribution >= 0.6 is 0 Å². The van der Waals surface area contributed by atoms with Crippen LogP contribution in [0.2, 0.25) is 0 Å². The third kappa shape index (κ3) is 4.22. The highest BCUT2D eigenvalue weighted by Crippen LogP contribution is 2.08. The van der Waals surface area contributed by atoms with E-state index < -0.39 is 0 Å². The van der Waals surface area contributed by atoms with Gasteiger partial charge in [-0.25, -0.2) is 4.98 Å². The summed E-state index contributed by atoms with van der Waals surface area (Å²) in [5.41, 5.74) is 7.36. The number of imidazole rings is 1. The molecule has 0 aliphatic heterocycles. The van der Waals surface area contributed by atoms with Crippen molar-refractivity contribution in [1.82, 2.24) is 9.97 Å². The summed E-state index contributed by atoms with van der Waals surface area (Å²) in [6.45, 7) is 0.890. The number of aromatic nitrogens is 2. The van der Waals surface area contributed by atoms with E-state index in [1.165, 1.54) is 0 Å². The number of nitrogens with zero attached hydrogens (tertiary/aromatic N) is 2. The monoisotopic (exact) mass is 258 g/mol. The molecule has 0 aliphatic rings. The summed E-state index contributed by atoms with van der Waals surface area (Å²) in [4.78, 5) is 12.5. The molecule has 1 aromatic carbocycles. The second kappa shape index (κ2) is 7.33. The van der Waals surface area contributed by atoms with Gasteiger partial charge in [-0.1, -0.05) is 35.5 Å². The van der Waals surface area contributed by atoms with Crippen LogP contribution in [0.15, 0.2) is 47.9 Å². The highest BCUT2D eigenvalue weighted by Gasteiger charge is 2.06. The lowest BCUT2D eigenvalue weighted by Gasteiger charge is -2.06. The first-order valence-electron chi connectivity index (χ1n) is 6.32. The zero-order valence-corrected chi connectivity index (χ0v) is 10.7. The molecule has 5 heteroatoms. The lowest BCUT2D eigenvalue weighted by molar-refractivity contribution is 0.152. The van der Waals surface area contributed by atoms with Crippen LogP contribution in [0.4, 0.5) is 0 Å². The maximum Gasteiger partial charge on any atom is 0.129 e. The molecule has 1 aromatic heterocycles. The average molecular weight is 258 g/mol. The Morgan fingerprint density at radius 1 is 1.32 bits per heavy atom. The van der Waals surface area contributed by atoms with Gasteiger partial charge in [0.05, 0.1) is 5.71 Å². The molecule has 0 bridgehead atoms. The molecule has 5 nitrogen and oxygen atoms in total. The van der Waals surface area contributed by atoms with Gasteiger partial charge >= 0.3 is 0 Å². The number of nitrogens with two attached hydrogens (primary N) is 1. The number of H-pyrrole nitrogens is 1. The van der Waals surface area contributed by atoms with Crippen molar-refractivity contribution < 1.29 is 4.84 Å². The van der Waals surface area contributed by atoms with Crippen LogP contribution in [0.5, 0.6) is 0 Å². The molecule has 3 N–H and O–H groups in total. The Bertz CT molecular complexity index is 493. The Morgan fingerprint density at radius 2 is 2.16 bits per heavy atom. The molecule has 100 valence electrons. The van der Waals surface area contributed by atoms with E-state index in [9.17, 15) is 0 Å². The Kier molecular flexibility index (Phi) is 5.13. The van der Waals surface area contributed by atoms with E-state index >= 15 is 0 Å². The van der Waals surface area contributed by atoms with Crippen molar-refractivity contribution >= 4 is 5.71 Å². The molecule has 2 aromatic rings. The number of nitrogens with one attached hydrogen (secondary N) is 1. The van der Waals surface area contributed by atoms with Gasteiger partial charge in [0, 0.05) is 31.8 Å². The summed E-state index contributed by atoms with van der Waals surface area (Å²) in [5, 5.41) is 4.18. The maximum atomic E-state index is 5.40. The van der Waals surface area contributed by atoms with E-state index in [-0.39, 0.29) is 0 Å². The van der Waals surface area contributed by atoms with Crippen LogP contribution in [0, 0.1) is 0 Å². The first kappa shape index (κ1) is 13.3. The molecule has 2 rings (SSSR count). The predicted octanol–water partition coefficient (Wildman–Crippen LogP) is 1.72. The summed E-state index contributed by atoms with van der Waals surface area (Å²) in [7, 11) is 0. The van der Waals surface area contributed by atoms with Crippen molar-refractivity contribution in [1.29, 1.82) is 0 Å². The smallest absolute Gasteiger partial charge is 0.129 e. The molecule has 1 heterocycles. The van der Waals surface area contributed by atoms with Gasteiger partial charge in [0.2, 0.25) is 0 Å². The van der Waals surface area contributed by atoms with E-state index in [1.807, 2.05) is 36.5 Å². The number of benzene rings is 1. The highest BCUT2D eigenvalue weighted by atomic mass is 16.6.